The number of hydrogen-bond acceptors (Lipinski definition) is 10. The molecule has 12 nitrogen and oxygen atoms in total. The van der Waals surface area contributed by atoms with Gasteiger partial charge in [0, 0.05) is 43.4 Å². The van der Waals surface area contributed by atoms with E-state index < -0.39 is 10.0 Å². The van der Waals surface area contributed by atoms with Gasteiger partial charge < -0.3 is 16.0 Å². The van der Waals surface area contributed by atoms with Crippen LogP contribution in [0.4, 0.5) is 17.3 Å². The summed E-state index contributed by atoms with van der Waals surface area (Å²) < 4.78 is 26.1. The maximum absolute atomic E-state index is 13.1. The van der Waals surface area contributed by atoms with Gasteiger partial charge in [-0.15, -0.1) is 0 Å². The number of rotatable bonds is 13. The molecule has 3 aliphatic rings. The first-order valence-corrected chi connectivity index (χ1v) is 17.1. The van der Waals surface area contributed by atoms with Crippen molar-refractivity contribution in [3.05, 3.63) is 42.5 Å². The van der Waals surface area contributed by atoms with Gasteiger partial charge in [0.25, 0.3) is 10.0 Å². The van der Waals surface area contributed by atoms with E-state index in [1.54, 1.807) is 18.5 Å². The predicted molar refractivity (Wildman–Crippen MR) is 167 cm³/mol. The Hall–Kier alpha value is -3.87. The van der Waals surface area contributed by atoms with Crippen molar-refractivity contribution in [3.63, 3.8) is 0 Å². The van der Waals surface area contributed by atoms with Crippen LogP contribution in [-0.2, 0) is 14.8 Å². The minimum atomic E-state index is -3.48. The van der Waals surface area contributed by atoms with E-state index in [-0.39, 0.29) is 28.8 Å². The second kappa shape index (κ2) is 12.6. The summed E-state index contributed by atoms with van der Waals surface area (Å²) in [6.07, 6.45) is 13.5. The molecule has 3 heterocycles. The number of anilines is 3. The third kappa shape index (κ3) is 7.09. The van der Waals surface area contributed by atoms with Crippen molar-refractivity contribution in [1.29, 1.82) is 0 Å². The third-order valence-corrected chi connectivity index (χ3v) is 10.7. The second-order valence-corrected chi connectivity index (χ2v) is 14.7. The normalized spacial score (nSPS) is 20.3. The molecule has 0 spiro atoms. The average molecular weight is 621 g/mol. The second-order valence-electron chi connectivity index (χ2n) is 12.7. The van der Waals surface area contributed by atoms with Gasteiger partial charge in [0.05, 0.1) is 34.5 Å². The molecule has 0 atom stereocenters. The zero-order valence-electron chi connectivity index (χ0n) is 25.2. The van der Waals surface area contributed by atoms with Gasteiger partial charge in [0.15, 0.2) is 11.6 Å². The molecule has 6 rings (SSSR count). The number of aromatic nitrogens is 5. The van der Waals surface area contributed by atoms with E-state index in [1.807, 2.05) is 19.9 Å². The van der Waals surface area contributed by atoms with Crippen LogP contribution in [0.5, 0.6) is 0 Å². The first kappa shape index (κ1) is 30.2. The summed E-state index contributed by atoms with van der Waals surface area (Å²) in [6.45, 7) is 5.31. The van der Waals surface area contributed by atoms with E-state index >= 15 is 0 Å². The number of amides is 1. The van der Waals surface area contributed by atoms with Crippen LogP contribution >= 0.6 is 0 Å². The first-order valence-electron chi connectivity index (χ1n) is 15.6. The van der Waals surface area contributed by atoms with Gasteiger partial charge in [-0.05, 0) is 69.3 Å². The Morgan fingerprint density at radius 1 is 0.955 bits per heavy atom. The lowest BCUT2D eigenvalue weighted by Crippen LogP contribution is -2.34. The molecular weight excluding hydrogens is 580 g/mol. The van der Waals surface area contributed by atoms with Crippen molar-refractivity contribution in [2.75, 3.05) is 23.7 Å². The molecule has 0 aromatic carbocycles. The van der Waals surface area contributed by atoms with Crippen LogP contribution in [0.1, 0.15) is 75.6 Å². The summed E-state index contributed by atoms with van der Waals surface area (Å²) in [5, 5.41) is 13.5. The van der Waals surface area contributed by atoms with Crippen molar-refractivity contribution in [2.24, 2.45) is 23.7 Å². The van der Waals surface area contributed by atoms with E-state index in [9.17, 15) is 18.0 Å². The largest absolute Gasteiger partial charge is 0.384 e. The monoisotopic (exact) mass is 620 g/mol. The lowest BCUT2D eigenvalue weighted by Gasteiger charge is -2.29. The molecule has 3 N–H and O–H groups in total. The van der Waals surface area contributed by atoms with Crippen LogP contribution in [0.15, 0.2) is 36.9 Å². The van der Waals surface area contributed by atoms with Crippen molar-refractivity contribution >= 4 is 39.0 Å². The quantitative estimate of drug-likeness (QED) is 0.234. The van der Waals surface area contributed by atoms with Gasteiger partial charge in [-0.25, -0.2) is 23.4 Å². The number of Topliss-reactive ketones (excluding diaryl/α,β-unsaturated/α-hetero) is 1. The van der Waals surface area contributed by atoms with Gasteiger partial charge in [-0.3, -0.25) is 9.59 Å². The van der Waals surface area contributed by atoms with Crippen LogP contribution in [-0.4, -0.2) is 62.6 Å². The van der Waals surface area contributed by atoms with Crippen molar-refractivity contribution in [1.82, 2.24) is 29.5 Å². The first-order chi connectivity index (χ1) is 21.2. The van der Waals surface area contributed by atoms with E-state index in [4.69, 9.17) is 0 Å². The van der Waals surface area contributed by atoms with E-state index in [2.05, 4.69) is 36.0 Å². The molecule has 3 saturated carbocycles. The molecule has 44 heavy (non-hydrogen) atoms. The summed E-state index contributed by atoms with van der Waals surface area (Å²) in [5.41, 5.74) is 1.86. The Morgan fingerprint density at radius 2 is 1.68 bits per heavy atom. The molecule has 3 aromatic heterocycles. The highest BCUT2D eigenvalue weighted by Gasteiger charge is 2.38. The Bertz CT molecular complexity index is 1620. The zero-order chi connectivity index (χ0) is 30.8. The van der Waals surface area contributed by atoms with Gasteiger partial charge in [0.1, 0.15) is 11.6 Å². The van der Waals surface area contributed by atoms with Crippen molar-refractivity contribution in [2.45, 2.75) is 70.5 Å². The van der Waals surface area contributed by atoms with Crippen molar-refractivity contribution < 1.29 is 18.0 Å². The van der Waals surface area contributed by atoms with E-state index in [0.29, 0.717) is 53.3 Å². The lowest BCUT2D eigenvalue weighted by atomic mass is 9.82. The van der Waals surface area contributed by atoms with Crippen LogP contribution < -0.4 is 16.0 Å². The summed E-state index contributed by atoms with van der Waals surface area (Å²) in [5.74, 6) is 2.64. The highest BCUT2D eigenvalue weighted by Crippen LogP contribution is 2.36. The van der Waals surface area contributed by atoms with Gasteiger partial charge in [0.2, 0.25) is 5.91 Å². The fraction of sp³-hybridized carbons (Fsp3) is 0.548. The summed E-state index contributed by atoms with van der Waals surface area (Å²) in [4.78, 5) is 38.4. The van der Waals surface area contributed by atoms with Crippen LogP contribution in [0.3, 0.4) is 0 Å². The highest BCUT2D eigenvalue weighted by molar-refractivity contribution is 7.90. The number of carbonyl (C=O) groups is 2. The number of pyridine rings is 1. The van der Waals surface area contributed by atoms with E-state index in [1.165, 1.54) is 12.4 Å². The molecule has 1 amide bonds. The Labute approximate surface area is 257 Å². The summed E-state index contributed by atoms with van der Waals surface area (Å²) in [6, 6.07) is 3.56. The fourth-order valence-corrected chi connectivity index (χ4v) is 7.03. The molecular formula is C31H40N8O4S. The standard InChI is InChI=1S/C31H40N8O4S/c1-19(2)31(41)35-15-21-5-3-20(4-6-21)14-33-26-13-28(34-17-25(26)29(40)22-7-8-22)37-27-11-12-32-30(38-27)23-16-36-39(18-23)44(42,43)24-9-10-24/h11-13,16-22,24H,3-10,14-15H2,1-2H3,(H,35,41)(H2,32,33,34,37,38). The topological polar surface area (TPSA) is 161 Å². The van der Waals surface area contributed by atoms with Crippen LogP contribution in [0.25, 0.3) is 11.4 Å². The Morgan fingerprint density at radius 3 is 2.36 bits per heavy atom. The molecule has 0 saturated heterocycles. The van der Waals surface area contributed by atoms with Gasteiger partial charge >= 0.3 is 0 Å². The fourth-order valence-electron chi connectivity index (χ4n) is 5.55. The number of ketones is 1. The molecule has 3 aromatic rings. The highest BCUT2D eigenvalue weighted by atomic mass is 32.2. The van der Waals surface area contributed by atoms with Crippen LogP contribution in [0.2, 0.25) is 0 Å². The van der Waals surface area contributed by atoms with Crippen LogP contribution in [0, 0.1) is 23.7 Å². The smallest absolute Gasteiger partial charge is 0.256 e. The molecule has 3 fully saturated rings. The Kier molecular flexibility index (Phi) is 8.66. The molecule has 234 valence electrons. The number of hydrogen-bond donors (Lipinski definition) is 3. The minimum absolute atomic E-state index is 0.00191. The zero-order valence-corrected chi connectivity index (χ0v) is 26.0. The van der Waals surface area contributed by atoms with Crippen molar-refractivity contribution in [3.8, 4) is 11.4 Å². The number of nitrogens with zero attached hydrogens (tertiary/aromatic N) is 5. The molecule has 3 aliphatic carbocycles. The SMILES string of the molecule is CC(C)C(=O)NCC1CCC(CNc2cc(Nc3ccnc(-c4cnn(S(=O)(=O)C5CC5)c4)n3)ncc2C(=O)C2CC2)CC1. The van der Waals surface area contributed by atoms with E-state index in [0.717, 1.165) is 61.4 Å². The predicted octanol–water partition coefficient (Wildman–Crippen LogP) is 4.40. The Balaban J connectivity index is 1.11. The molecule has 0 aliphatic heterocycles. The number of carbonyl (C=O) groups excluding carboxylic acids is 2. The maximum Gasteiger partial charge on any atom is 0.256 e. The summed E-state index contributed by atoms with van der Waals surface area (Å²) >= 11 is 0. The number of nitrogens with one attached hydrogen (secondary N) is 3. The molecule has 0 unspecified atom stereocenters. The van der Waals surface area contributed by atoms with Gasteiger partial charge in [-0.2, -0.15) is 9.19 Å². The molecule has 0 bridgehead atoms. The van der Waals surface area contributed by atoms with Gasteiger partial charge in [-0.1, -0.05) is 13.8 Å². The average Bonchev–Trinajstić information content (AvgIpc) is 3.97. The maximum atomic E-state index is 13.1. The lowest BCUT2D eigenvalue weighted by molar-refractivity contribution is -0.124. The third-order valence-electron chi connectivity index (χ3n) is 8.69. The molecule has 13 heteroatoms. The molecule has 0 radical (unpaired) electrons. The summed E-state index contributed by atoms with van der Waals surface area (Å²) in [7, 11) is -3.48. The minimum Gasteiger partial charge on any atom is -0.384 e.